The normalized spacial score (nSPS) is 24.2. The Kier molecular flexibility index (Phi) is 3.27. The van der Waals surface area contributed by atoms with E-state index in [1.807, 2.05) is 6.92 Å². The van der Waals surface area contributed by atoms with Crippen molar-refractivity contribution in [1.82, 2.24) is 0 Å². The molecular formula is C14H16FNO. The second kappa shape index (κ2) is 4.70. The maximum Gasteiger partial charge on any atom is 0.221 e. The summed E-state index contributed by atoms with van der Waals surface area (Å²) in [6, 6.07) is 6.35. The number of amides is 1. The fraction of sp³-hybridized carbons (Fsp3) is 0.357. The predicted octanol–water partition coefficient (Wildman–Crippen LogP) is 2.75. The Bertz CT molecular complexity index is 450. The third kappa shape index (κ3) is 2.54. The highest BCUT2D eigenvalue weighted by molar-refractivity contribution is 5.78. The fourth-order valence-electron chi connectivity index (χ4n) is 2.44. The van der Waals surface area contributed by atoms with Crippen molar-refractivity contribution in [2.24, 2.45) is 11.7 Å². The third-order valence-electron chi connectivity index (χ3n) is 3.41. The molecule has 1 aliphatic rings. The number of carbonyl (C=O) groups excluding carboxylic acids is 1. The molecule has 1 aromatic rings. The minimum Gasteiger partial charge on any atom is -0.369 e. The van der Waals surface area contributed by atoms with Gasteiger partial charge in [0.15, 0.2) is 0 Å². The molecule has 2 nitrogen and oxygen atoms in total. The van der Waals surface area contributed by atoms with Gasteiger partial charge >= 0.3 is 0 Å². The SMILES string of the molecule is CC1=CC[C@@H](C(N)=O)[C@@H](c2ccc(F)cc2)C1. The molecule has 0 fully saturated rings. The van der Waals surface area contributed by atoms with E-state index >= 15 is 0 Å². The quantitative estimate of drug-likeness (QED) is 0.784. The Hall–Kier alpha value is -1.64. The third-order valence-corrected chi connectivity index (χ3v) is 3.41. The van der Waals surface area contributed by atoms with Gasteiger partial charge in [0.1, 0.15) is 5.82 Å². The lowest BCUT2D eigenvalue weighted by atomic mass is 9.76. The highest BCUT2D eigenvalue weighted by Crippen LogP contribution is 2.37. The van der Waals surface area contributed by atoms with Crippen LogP contribution in [0.4, 0.5) is 4.39 Å². The van der Waals surface area contributed by atoms with Crippen molar-refractivity contribution in [2.75, 3.05) is 0 Å². The summed E-state index contributed by atoms with van der Waals surface area (Å²) in [5.41, 5.74) is 7.68. The lowest BCUT2D eigenvalue weighted by Crippen LogP contribution is -2.30. The average Bonchev–Trinajstić information content (AvgIpc) is 2.29. The first-order valence-corrected chi connectivity index (χ1v) is 5.78. The molecule has 2 rings (SSSR count). The van der Waals surface area contributed by atoms with Crippen LogP contribution in [-0.4, -0.2) is 5.91 Å². The van der Waals surface area contributed by atoms with Crippen LogP contribution in [0.3, 0.4) is 0 Å². The monoisotopic (exact) mass is 233 g/mol. The second-order valence-electron chi connectivity index (χ2n) is 4.66. The van der Waals surface area contributed by atoms with E-state index in [1.165, 1.54) is 17.7 Å². The van der Waals surface area contributed by atoms with Crippen molar-refractivity contribution in [3.8, 4) is 0 Å². The smallest absolute Gasteiger partial charge is 0.221 e. The van der Waals surface area contributed by atoms with Crippen LogP contribution >= 0.6 is 0 Å². The molecule has 0 spiro atoms. The molecule has 0 unspecified atom stereocenters. The molecule has 1 aliphatic carbocycles. The molecule has 2 atom stereocenters. The minimum absolute atomic E-state index is 0.0816. The van der Waals surface area contributed by atoms with E-state index in [0.717, 1.165) is 12.0 Å². The van der Waals surface area contributed by atoms with E-state index in [2.05, 4.69) is 6.08 Å². The van der Waals surface area contributed by atoms with Gasteiger partial charge in [-0.15, -0.1) is 0 Å². The zero-order valence-corrected chi connectivity index (χ0v) is 9.82. The van der Waals surface area contributed by atoms with Crippen molar-refractivity contribution in [3.05, 3.63) is 47.3 Å². The second-order valence-corrected chi connectivity index (χ2v) is 4.66. The number of nitrogens with two attached hydrogens (primary N) is 1. The van der Waals surface area contributed by atoms with Crippen molar-refractivity contribution in [1.29, 1.82) is 0 Å². The van der Waals surface area contributed by atoms with Gasteiger partial charge in [0, 0.05) is 5.92 Å². The van der Waals surface area contributed by atoms with Crippen LogP contribution in [0.25, 0.3) is 0 Å². The summed E-state index contributed by atoms with van der Waals surface area (Å²) in [7, 11) is 0. The van der Waals surface area contributed by atoms with Gasteiger partial charge in [-0.25, -0.2) is 4.39 Å². The van der Waals surface area contributed by atoms with Gasteiger partial charge in [-0.05, 0) is 43.4 Å². The molecule has 0 saturated carbocycles. The molecule has 0 aromatic heterocycles. The van der Waals surface area contributed by atoms with Gasteiger partial charge in [-0.3, -0.25) is 4.79 Å². The summed E-state index contributed by atoms with van der Waals surface area (Å²) < 4.78 is 12.9. The standard InChI is InChI=1S/C14H16FNO/c1-9-2-7-12(14(16)17)13(8-9)10-3-5-11(15)6-4-10/h2-6,12-13H,7-8H2,1H3,(H2,16,17)/t12-,13-/m1/s1. The summed E-state index contributed by atoms with van der Waals surface area (Å²) in [5.74, 6) is -0.627. The number of hydrogen-bond acceptors (Lipinski definition) is 1. The lowest BCUT2D eigenvalue weighted by Gasteiger charge is -2.28. The highest BCUT2D eigenvalue weighted by atomic mass is 19.1. The number of carbonyl (C=O) groups is 1. The Morgan fingerprint density at radius 1 is 1.35 bits per heavy atom. The zero-order valence-electron chi connectivity index (χ0n) is 9.82. The predicted molar refractivity (Wildman–Crippen MR) is 64.8 cm³/mol. The molecule has 90 valence electrons. The van der Waals surface area contributed by atoms with Crippen LogP contribution in [-0.2, 0) is 4.79 Å². The molecule has 0 saturated heterocycles. The Morgan fingerprint density at radius 3 is 2.59 bits per heavy atom. The molecule has 0 bridgehead atoms. The maximum atomic E-state index is 12.9. The van der Waals surface area contributed by atoms with Crippen molar-refractivity contribution in [2.45, 2.75) is 25.7 Å². The Labute approximate surface area is 100 Å². The summed E-state index contributed by atoms with van der Waals surface area (Å²) in [6.07, 6.45) is 3.57. The molecule has 1 aromatic carbocycles. The van der Waals surface area contributed by atoms with E-state index in [4.69, 9.17) is 5.73 Å². The number of hydrogen-bond donors (Lipinski definition) is 1. The summed E-state index contributed by atoms with van der Waals surface area (Å²) in [4.78, 5) is 11.4. The average molecular weight is 233 g/mol. The zero-order chi connectivity index (χ0) is 12.4. The van der Waals surface area contributed by atoms with E-state index in [-0.39, 0.29) is 23.6 Å². The van der Waals surface area contributed by atoms with E-state index in [9.17, 15) is 9.18 Å². The van der Waals surface area contributed by atoms with E-state index in [0.29, 0.717) is 6.42 Å². The molecule has 3 heteroatoms. The van der Waals surface area contributed by atoms with Crippen LogP contribution in [0.1, 0.15) is 31.2 Å². The molecule has 0 heterocycles. The van der Waals surface area contributed by atoms with Crippen molar-refractivity contribution < 1.29 is 9.18 Å². The van der Waals surface area contributed by atoms with Gasteiger partial charge < -0.3 is 5.73 Å². The largest absolute Gasteiger partial charge is 0.369 e. The summed E-state index contributed by atoms with van der Waals surface area (Å²) in [5, 5.41) is 0. The molecule has 1 amide bonds. The Morgan fingerprint density at radius 2 is 2.00 bits per heavy atom. The Balaban J connectivity index is 2.31. The van der Waals surface area contributed by atoms with Gasteiger partial charge in [0.25, 0.3) is 0 Å². The number of rotatable bonds is 2. The number of primary amides is 1. The molecule has 0 radical (unpaired) electrons. The van der Waals surface area contributed by atoms with Crippen molar-refractivity contribution in [3.63, 3.8) is 0 Å². The van der Waals surface area contributed by atoms with E-state index < -0.39 is 0 Å². The van der Waals surface area contributed by atoms with E-state index in [1.54, 1.807) is 12.1 Å². The lowest BCUT2D eigenvalue weighted by molar-refractivity contribution is -0.122. The van der Waals surface area contributed by atoms with Crippen LogP contribution in [0.15, 0.2) is 35.9 Å². The first-order chi connectivity index (χ1) is 8.08. The highest BCUT2D eigenvalue weighted by Gasteiger charge is 2.29. The van der Waals surface area contributed by atoms with Crippen LogP contribution in [0.2, 0.25) is 0 Å². The van der Waals surface area contributed by atoms with Crippen LogP contribution in [0.5, 0.6) is 0 Å². The maximum absolute atomic E-state index is 12.9. The van der Waals surface area contributed by atoms with Gasteiger partial charge in [-0.1, -0.05) is 23.8 Å². The number of allylic oxidation sites excluding steroid dienone is 2. The topological polar surface area (TPSA) is 43.1 Å². The van der Waals surface area contributed by atoms with Gasteiger partial charge in [-0.2, -0.15) is 0 Å². The van der Waals surface area contributed by atoms with Gasteiger partial charge in [0.2, 0.25) is 5.91 Å². The van der Waals surface area contributed by atoms with Crippen molar-refractivity contribution >= 4 is 5.91 Å². The van der Waals surface area contributed by atoms with Gasteiger partial charge in [0.05, 0.1) is 0 Å². The molecule has 17 heavy (non-hydrogen) atoms. The first-order valence-electron chi connectivity index (χ1n) is 5.78. The number of benzene rings is 1. The minimum atomic E-state index is -0.275. The first kappa shape index (κ1) is 11.8. The molecule has 0 aliphatic heterocycles. The molecular weight excluding hydrogens is 217 g/mol. The number of halogens is 1. The molecule has 2 N–H and O–H groups in total. The van der Waals surface area contributed by atoms with Crippen LogP contribution < -0.4 is 5.73 Å². The summed E-state index contributed by atoms with van der Waals surface area (Å²) >= 11 is 0. The summed E-state index contributed by atoms with van der Waals surface area (Å²) in [6.45, 7) is 2.05. The fourth-order valence-corrected chi connectivity index (χ4v) is 2.44. The van der Waals surface area contributed by atoms with Crippen LogP contribution in [0, 0.1) is 11.7 Å².